The molecule has 2 fully saturated rings. The first-order valence-electron chi connectivity index (χ1n) is 10.5. The number of nitrogens with zero attached hydrogens (tertiary/aromatic N) is 3. The molecule has 1 unspecified atom stereocenters. The molecule has 162 valence electrons. The lowest BCUT2D eigenvalue weighted by molar-refractivity contribution is -0.156. The van der Waals surface area contributed by atoms with E-state index in [-0.39, 0.29) is 36.6 Å². The molecule has 6 nitrogen and oxygen atoms in total. The molecular weight excluding hydrogens is 397 g/mol. The molecule has 4 rings (SSSR count). The maximum atomic E-state index is 13.5. The molecule has 0 bridgehead atoms. The smallest absolute Gasteiger partial charge is 0.253 e. The molecule has 0 aromatic heterocycles. The highest BCUT2D eigenvalue weighted by molar-refractivity contribution is 5.96. The molecule has 2 aromatic carbocycles. The van der Waals surface area contributed by atoms with E-state index < -0.39 is 6.04 Å². The summed E-state index contributed by atoms with van der Waals surface area (Å²) in [5, 5.41) is 0. The van der Waals surface area contributed by atoms with Crippen molar-refractivity contribution < 1.29 is 18.8 Å². The van der Waals surface area contributed by atoms with E-state index in [2.05, 4.69) is 0 Å². The zero-order valence-electron chi connectivity index (χ0n) is 17.8. The van der Waals surface area contributed by atoms with Gasteiger partial charge < -0.3 is 14.7 Å². The van der Waals surface area contributed by atoms with Crippen LogP contribution in [0.15, 0.2) is 42.5 Å². The summed E-state index contributed by atoms with van der Waals surface area (Å²) in [6.45, 7) is 5.26. The van der Waals surface area contributed by atoms with Crippen molar-refractivity contribution in [1.29, 1.82) is 0 Å². The first kappa shape index (κ1) is 21.0. The number of benzene rings is 2. The van der Waals surface area contributed by atoms with Gasteiger partial charge in [0.05, 0.1) is 0 Å². The molecule has 0 spiro atoms. The van der Waals surface area contributed by atoms with Crippen LogP contribution < -0.4 is 0 Å². The van der Waals surface area contributed by atoms with Crippen molar-refractivity contribution in [3.8, 4) is 0 Å². The Balaban J connectivity index is 1.48. The minimum Gasteiger partial charge on any atom is -0.337 e. The second-order valence-electron chi connectivity index (χ2n) is 8.31. The highest BCUT2D eigenvalue weighted by Gasteiger charge is 2.41. The lowest BCUT2D eigenvalue weighted by Crippen LogP contribution is -2.59. The van der Waals surface area contributed by atoms with E-state index in [1.54, 1.807) is 21.9 Å². The Morgan fingerprint density at radius 1 is 1.03 bits per heavy atom. The summed E-state index contributed by atoms with van der Waals surface area (Å²) in [4.78, 5) is 43.7. The van der Waals surface area contributed by atoms with Crippen molar-refractivity contribution in [3.63, 3.8) is 0 Å². The Bertz CT molecular complexity index is 1040. The fourth-order valence-corrected chi connectivity index (χ4v) is 4.28. The molecule has 0 N–H and O–H groups in total. The van der Waals surface area contributed by atoms with Crippen LogP contribution in [0, 0.1) is 19.7 Å². The van der Waals surface area contributed by atoms with E-state index in [1.165, 1.54) is 17.0 Å². The second-order valence-corrected chi connectivity index (χ2v) is 8.31. The van der Waals surface area contributed by atoms with Crippen LogP contribution in [0.2, 0.25) is 0 Å². The van der Waals surface area contributed by atoms with E-state index in [9.17, 15) is 18.8 Å². The van der Waals surface area contributed by atoms with Gasteiger partial charge in [0.1, 0.15) is 18.4 Å². The van der Waals surface area contributed by atoms with Gasteiger partial charge >= 0.3 is 0 Å². The van der Waals surface area contributed by atoms with Crippen molar-refractivity contribution in [2.45, 2.75) is 32.9 Å². The topological polar surface area (TPSA) is 60.9 Å². The second kappa shape index (κ2) is 8.49. The van der Waals surface area contributed by atoms with Gasteiger partial charge in [-0.25, -0.2) is 4.39 Å². The van der Waals surface area contributed by atoms with Crippen molar-refractivity contribution in [1.82, 2.24) is 14.7 Å². The van der Waals surface area contributed by atoms with E-state index in [0.29, 0.717) is 37.2 Å². The number of carbonyl (C=O) groups is 3. The maximum Gasteiger partial charge on any atom is 0.253 e. The molecule has 3 amide bonds. The molecule has 1 atom stereocenters. The normalized spacial score (nSPS) is 19.3. The maximum absolute atomic E-state index is 13.5. The van der Waals surface area contributed by atoms with Gasteiger partial charge in [-0.1, -0.05) is 18.2 Å². The Hall–Kier alpha value is -3.22. The van der Waals surface area contributed by atoms with Gasteiger partial charge in [0.25, 0.3) is 5.91 Å². The predicted molar refractivity (Wildman–Crippen MR) is 114 cm³/mol. The third kappa shape index (κ3) is 4.31. The number of carbonyl (C=O) groups excluding carboxylic acids is 3. The number of hydrogen-bond donors (Lipinski definition) is 0. The third-order valence-electron chi connectivity index (χ3n) is 6.21. The number of halogens is 1. The van der Waals surface area contributed by atoms with Gasteiger partial charge in [-0.3, -0.25) is 14.4 Å². The van der Waals surface area contributed by atoms with Crippen LogP contribution in [0.5, 0.6) is 0 Å². The van der Waals surface area contributed by atoms with Crippen LogP contribution in [0.4, 0.5) is 4.39 Å². The first-order chi connectivity index (χ1) is 14.8. The Kier molecular flexibility index (Phi) is 5.76. The molecule has 2 heterocycles. The fourth-order valence-electron chi connectivity index (χ4n) is 4.28. The monoisotopic (exact) mass is 423 g/mol. The minimum absolute atomic E-state index is 0.0308. The molecule has 7 heteroatoms. The summed E-state index contributed by atoms with van der Waals surface area (Å²) in [7, 11) is 0. The molecule has 2 aromatic rings. The van der Waals surface area contributed by atoms with E-state index in [0.717, 1.165) is 11.1 Å². The molecule has 0 radical (unpaired) electrons. The third-order valence-corrected chi connectivity index (χ3v) is 6.21. The van der Waals surface area contributed by atoms with Crippen LogP contribution in [0.25, 0.3) is 0 Å². The highest BCUT2D eigenvalue weighted by atomic mass is 19.1. The first-order valence-corrected chi connectivity index (χ1v) is 10.5. The number of aryl methyl sites for hydroxylation is 2. The largest absolute Gasteiger partial charge is 0.337 e. The molecule has 2 saturated heterocycles. The predicted octanol–water partition coefficient (Wildman–Crippen LogP) is 2.53. The molecule has 0 saturated carbocycles. The summed E-state index contributed by atoms with van der Waals surface area (Å²) in [5.74, 6) is -0.741. The average Bonchev–Trinajstić information content (AvgIpc) is 2.97. The summed E-state index contributed by atoms with van der Waals surface area (Å²) in [6, 6.07) is 11.1. The summed E-state index contributed by atoms with van der Waals surface area (Å²) >= 11 is 0. The van der Waals surface area contributed by atoms with Gasteiger partial charge in [-0.05, 0) is 61.2 Å². The standard InChI is InChI=1S/C24H26FN3O3/c1-16-6-7-19(12-17(16)2)23(30)26-9-8-21-24(31)27(15-22(29)28(21)11-10-26)14-18-4-3-5-20(25)13-18/h3-7,12-13,21H,8-11,14-15H2,1-2H3. The van der Waals surface area contributed by atoms with Gasteiger partial charge in [0.15, 0.2) is 0 Å². The SMILES string of the molecule is Cc1ccc(C(=O)N2CCC3C(=O)N(Cc4cccc(F)c4)CC(=O)N3CC2)cc1C. The van der Waals surface area contributed by atoms with Gasteiger partial charge in [-0.15, -0.1) is 0 Å². The van der Waals surface area contributed by atoms with Gasteiger partial charge in [0.2, 0.25) is 11.8 Å². The average molecular weight is 423 g/mol. The quantitative estimate of drug-likeness (QED) is 0.762. The summed E-state index contributed by atoms with van der Waals surface area (Å²) in [6.07, 6.45) is 0.390. The lowest BCUT2D eigenvalue weighted by Gasteiger charge is -2.39. The van der Waals surface area contributed by atoms with Gasteiger partial charge in [0, 0.05) is 31.7 Å². The zero-order valence-corrected chi connectivity index (χ0v) is 17.8. The molecule has 0 aliphatic carbocycles. The molecule has 2 aliphatic heterocycles. The fraction of sp³-hybridized carbons (Fsp3) is 0.375. The Labute approximate surface area is 181 Å². The van der Waals surface area contributed by atoms with Crippen molar-refractivity contribution in [2.24, 2.45) is 0 Å². The van der Waals surface area contributed by atoms with Crippen LogP contribution in [0.1, 0.15) is 33.5 Å². The molecule has 31 heavy (non-hydrogen) atoms. The lowest BCUT2D eigenvalue weighted by atomic mass is 10.0. The number of fused-ring (bicyclic) bond motifs is 1. The zero-order chi connectivity index (χ0) is 22.1. The number of piperazine rings is 1. The molecule has 2 aliphatic rings. The number of rotatable bonds is 3. The number of amides is 3. The molecular formula is C24H26FN3O3. The van der Waals surface area contributed by atoms with Crippen LogP contribution in [-0.4, -0.2) is 64.6 Å². The Morgan fingerprint density at radius 3 is 2.58 bits per heavy atom. The van der Waals surface area contributed by atoms with E-state index in [1.807, 2.05) is 32.0 Å². The van der Waals surface area contributed by atoms with Crippen LogP contribution in [-0.2, 0) is 16.1 Å². The minimum atomic E-state index is -0.590. The van der Waals surface area contributed by atoms with Gasteiger partial charge in [-0.2, -0.15) is 0 Å². The van der Waals surface area contributed by atoms with Crippen molar-refractivity contribution in [2.75, 3.05) is 26.2 Å². The van der Waals surface area contributed by atoms with E-state index >= 15 is 0 Å². The van der Waals surface area contributed by atoms with Crippen LogP contribution in [0.3, 0.4) is 0 Å². The highest BCUT2D eigenvalue weighted by Crippen LogP contribution is 2.22. The van der Waals surface area contributed by atoms with Crippen molar-refractivity contribution >= 4 is 17.7 Å². The van der Waals surface area contributed by atoms with E-state index in [4.69, 9.17) is 0 Å². The van der Waals surface area contributed by atoms with Crippen molar-refractivity contribution in [3.05, 3.63) is 70.5 Å². The Morgan fingerprint density at radius 2 is 1.84 bits per heavy atom. The summed E-state index contributed by atoms with van der Waals surface area (Å²) < 4.78 is 13.5. The van der Waals surface area contributed by atoms with Crippen LogP contribution >= 0.6 is 0 Å². The number of hydrogen-bond acceptors (Lipinski definition) is 3. The summed E-state index contributed by atoms with van der Waals surface area (Å²) in [5.41, 5.74) is 3.44.